The van der Waals surface area contributed by atoms with Crippen molar-refractivity contribution in [3.8, 4) is 11.3 Å². The van der Waals surface area contributed by atoms with E-state index in [9.17, 15) is 14.4 Å². The van der Waals surface area contributed by atoms with Gasteiger partial charge in [-0.2, -0.15) is 0 Å². The normalized spacial score (nSPS) is 12.1. The molecule has 0 spiro atoms. The van der Waals surface area contributed by atoms with Gasteiger partial charge in [0.25, 0.3) is 5.56 Å². The number of amides is 2. The lowest BCUT2D eigenvalue weighted by atomic mass is 10.1. The van der Waals surface area contributed by atoms with Crippen LogP contribution in [-0.4, -0.2) is 33.2 Å². The van der Waals surface area contributed by atoms with E-state index in [1.807, 2.05) is 0 Å². The minimum atomic E-state index is -0.377. The van der Waals surface area contributed by atoms with E-state index in [0.717, 1.165) is 0 Å². The summed E-state index contributed by atoms with van der Waals surface area (Å²) in [6.07, 6.45) is 3.05. The first-order chi connectivity index (χ1) is 11.1. The number of H-pyrrole nitrogens is 1. The van der Waals surface area contributed by atoms with E-state index >= 15 is 0 Å². The number of fused-ring (bicyclic) bond motifs is 5. The lowest BCUT2D eigenvalue weighted by molar-refractivity contribution is 0.103. The molecule has 0 bridgehead atoms. The molecule has 1 aromatic carbocycles. The van der Waals surface area contributed by atoms with E-state index in [2.05, 4.69) is 20.6 Å². The number of nitrogens with zero attached hydrogens (tertiary/aromatic N) is 2. The molecule has 8 nitrogen and oxygen atoms in total. The summed E-state index contributed by atoms with van der Waals surface area (Å²) in [5.74, 6) is -0.227. The van der Waals surface area contributed by atoms with E-state index in [1.54, 1.807) is 24.4 Å². The molecule has 1 aliphatic rings. The molecule has 3 N–H and O–H groups in total. The zero-order valence-electron chi connectivity index (χ0n) is 12.0. The average Bonchev–Trinajstić information content (AvgIpc) is 3.12. The molecule has 0 saturated carbocycles. The molecule has 2 aromatic heterocycles. The summed E-state index contributed by atoms with van der Waals surface area (Å²) >= 11 is 0. The van der Waals surface area contributed by atoms with Crippen LogP contribution in [-0.2, 0) is 0 Å². The van der Waals surface area contributed by atoms with Crippen molar-refractivity contribution in [1.82, 2.24) is 19.7 Å². The zero-order valence-corrected chi connectivity index (χ0v) is 12.0. The van der Waals surface area contributed by atoms with Gasteiger partial charge in [-0.1, -0.05) is 0 Å². The third kappa shape index (κ3) is 1.78. The molecule has 0 aliphatic heterocycles. The van der Waals surface area contributed by atoms with Crippen molar-refractivity contribution in [2.45, 2.75) is 0 Å². The fourth-order valence-electron chi connectivity index (χ4n) is 2.77. The summed E-state index contributed by atoms with van der Waals surface area (Å²) in [4.78, 5) is 42.8. The summed E-state index contributed by atoms with van der Waals surface area (Å²) in [6.45, 7) is 0. The van der Waals surface area contributed by atoms with Gasteiger partial charge in [-0.3, -0.25) is 14.0 Å². The maximum absolute atomic E-state index is 12.7. The molecular formula is C15H11N5O3. The number of urea groups is 1. The second-order valence-electron chi connectivity index (χ2n) is 5.09. The number of anilines is 1. The SMILES string of the molecule is CNC(=O)Nc1ccc2c(c1)C(=O)c1c-2[nH]c(=O)c2nccn12. The summed E-state index contributed by atoms with van der Waals surface area (Å²) in [7, 11) is 1.50. The first-order valence-electron chi connectivity index (χ1n) is 6.87. The fraction of sp³-hybridized carbons (Fsp3) is 0.0667. The number of ketones is 1. The number of aromatic amines is 1. The van der Waals surface area contributed by atoms with Gasteiger partial charge >= 0.3 is 6.03 Å². The Morgan fingerprint density at radius 2 is 2.09 bits per heavy atom. The Kier molecular flexibility index (Phi) is 2.61. The molecular weight excluding hydrogens is 298 g/mol. The third-order valence-electron chi connectivity index (χ3n) is 3.79. The topological polar surface area (TPSA) is 108 Å². The maximum atomic E-state index is 12.7. The molecule has 2 amide bonds. The van der Waals surface area contributed by atoms with Crippen molar-refractivity contribution < 1.29 is 9.59 Å². The molecule has 1 aliphatic carbocycles. The number of benzene rings is 1. The van der Waals surface area contributed by atoms with Gasteiger partial charge < -0.3 is 15.6 Å². The van der Waals surface area contributed by atoms with Gasteiger partial charge in [0.1, 0.15) is 5.69 Å². The van der Waals surface area contributed by atoms with Crippen LogP contribution in [0.2, 0.25) is 0 Å². The highest BCUT2D eigenvalue weighted by molar-refractivity contribution is 6.20. The molecule has 8 heteroatoms. The second kappa shape index (κ2) is 4.54. The Hall–Kier alpha value is -3.42. The largest absolute Gasteiger partial charge is 0.341 e. The minimum absolute atomic E-state index is 0.175. The van der Waals surface area contributed by atoms with Crippen molar-refractivity contribution in [3.63, 3.8) is 0 Å². The zero-order chi connectivity index (χ0) is 16.1. The number of carbonyl (C=O) groups is 2. The average molecular weight is 309 g/mol. The smallest absolute Gasteiger partial charge is 0.318 e. The van der Waals surface area contributed by atoms with E-state index in [4.69, 9.17) is 0 Å². The molecule has 0 saturated heterocycles. The molecule has 23 heavy (non-hydrogen) atoms. The molecule has 2 heterocycles. The Morgan fingerprint density at radius 3 is 2.87 bits per heavy atom. The van der Waals surface area contributed by atoms with E-state index in [0.29, 0.717) is 28.2 Å². The quantitative estimate of drug-likeness (QED) is 0.487. The van der Waals surface area contributed by atoms with Crippen LogP contribution in [0, 0.1) is 0 Å². The van der Waals surface area contributed by atoms with Gasteiger partial charge in [0.05, 0.1) is 5.69 Å². The Bertz CT molecular complexity index is 1050. The number of rotatable bonds is 1. The Labute approximate surface area is 129 Å². The predicted octanol–water partition coefficient (Wildman–Crippen LogP) is 0.985. The van der Waals surface area contributed by atoms with Crippen LogP contribution in [0.5, 0.6) is 0 Å². The first kappa shape index (κ1) is 13.3. The summed E-state index contributed by atoms with van der Waals surface area (Å²) in [5.41, 5.74) is 2.19. The van der Waals surface area contributed by atoms with Crippen molar-refractivity contribution >= 4 is 23.1 Å². The van der Waals surface area contributed by atoms with Crippen LogP contribution in [0.3, 0.4) is 0 Å². The number of imidazole rings is 1. The molecule has 0 unspecified atom stereocenters. The van der Waals surface area contributed by atoms with Crippen molar-refractivity contribution in [1.29, 1.82) is 0 Å². The molecule has 4 rings (SSSR count). The van der Waals surface area contributed by atoms with E-state index < -0.39 is 0 Å². The van der Waals surface area contributed by atoms with Crippen molar-refractivity contribution in [2.75, 3.05) is 12.4 Å². The molecule has 0 atom stereocenters. The van der Waals surface area contributed by atoms with Gasteiger partial charge in [-0.25, -0.2) is 9.78 Å². The highest BCUT2D eigenvalue weighted by atomic mass is 16.2. The van der Waals surface area contributed by atoms with Gasteiger partial charge in [0, 0.05) is 36.3 Å². The second-order valence-corrected chi connectivity index (χ2v) is 5.09. The van der Waals surface area contributed by atoms with E-state index in [1.165, 1.54) is 17.6 Å². The van der Waals surface area contributed by atoms with E-state index in [-0.39, 0.29) is 23.0 Å². The fourth-order valence-corrected chi connectivity index (χ4v) is 2.77. The van der Waals surface area contributed by atoms with Crippen LogP contribution >= 0.6 is 0 Å². The minimum Gasteiger partial charge on any atom is -0.341 e. The first-order valence-corrected chi connectivity index (χ1v) is 6.87. The highest BCUT2D eigenvalue weighted by Crippen LogP contribution is 2.35. The maximum Gasteiger partial charge on any atom is 0.318 e. The lowest BCUT2D eigenvalue weighted by Gasteiger charge is -2.06. The standard InChI is InChI=1S/C15H11N5O3/c1-16-15(23)18-7-2-3-8-9(6-7)12(21)11-10(8)19-14(22)13-17-4-5-20(11)13/h2-6H,1H3,(H,19,22)(H2,16,18,23). The van der Waals surface area contributed by atoms with Crippen molar-refractivity contribution in [3.05, 3.63) is 52.2 Å². The highest BCUT2D eigenvalue weighted by Gasteiger charge is 2.31. The molecule has 0 fully saturated rings. The van der Waals surface area contributed by atoms with Crippen LogP contribution < -0.4 is 16.2 Å². The Balaban J connectivity index is 1.92. The number of aromatic nitrogens is 3. The summed E-state index contributed by atoms with van der Waals surface area (Å²) < 4.78 is 1.49. The van der Waals surface area contributed by atoms with Gasteiger partial charge in [0.2, 0.25) is 11.4 Å². The third-order valence-corrected chi connectivity index (χ3v) is 3.79. The van der Waals surface area contributed by atoms with Crippen LogP contribution in [0.25, 0.3) is 16.9 Å². The molecule has 114 valence electrons. The summed E-state index contributed by atoms with van der Waals surface area (Å²) in [5, 5.41) is 5.06. The number of carbonyl (C=O) groups excluding carboxylic acids is 2. The summed E-state index contributed by atoms with van der Waals surface area (Å²) in [6, 6.07) is 4.59. The molecule has 3 aromatic rings. The monoisotopic (exact) mass is 309 g/mol. The van der Waals surface area contributed by atoms with Gasteiger partial charge in [-0.15, -0.1) is 0 Å². The van der Waals surface area contributed by atoms with Gasteiger partial charge in [-0.05, 0) is 18.2 Å². The van der Waals surface area contributed by atoms with Crippen molar-refractivity contribution in [2.24, 2.45) is 0 Å². The van der Waals surface area contributed by atoms with Crippen LogP contribution in [0.1, 0.15) is 16.1 Å². The number of hydrogen-bond donors (Lipinski definition) is 3. The van der Waals surface area contributed by atoms with Gasteiger partial charge in [0.15, 0.2) is 0 Å². The Morgan fingerprint density at radius 1 is 1.26 bits per heavy atom. The van der Waals surface area contributed by atoms with Crippen LogP contribution in [0.15, 0.2) is 35.4 Å². The number of hydrogen-bond acceptors (Lipinski definition) is 4. The number of nitrogens with one attached hydrogen (secondary N) is 3. The molecule has 0 radical (unpaired) electrons. The lowest BCUT2D eigenvalue weighted by Crippen LogP contribution is -2.24. The predicted molar refractivity (Wildman–Crippen MR) is 82.8 cm³/mol. The van der Waals surface area contributed by atoms with Crippen LogP contribution in [0.4, 0.5) is 10.5 Å².